The third kappa shape index (κ3) is 4.27. The van der Waals surface area contributed by atoms with Gasteiger partial charge in [-0.1, -0.05) is 59.2 Å². The number of para-hydroxylation sites is 1. The first-order chi connectivity index (χ1) is 11.8. The Morgan fingerprint density at radius 3 is 2.50 bits per heavy atom. The van der Waals surface area contributed by atoms with Gasteiger partial charge in [0, 0.05) is 5.56 Å². The summed E-state index contributed by atoms with van der Waals surface area (Å²) in [4.78, 5) is 0. The summed E-state index contributed by atoms with van der Waals surface area (Å²) in [7, 11) is 0. The number of halogens is 2. The monoisotopic (exact) mass is 380 g/mol. The van der Waals surface area contributed by atoms with Gasteiger partial charge in [0.25, 0.3) is 0 Å². The number of hydrogen-bond donors (Lipinski definition) is 1. The van der Waals surface area contributed by atoms with E-state index in [4.69, 9.17) is 23.2 Å². The molecule has 0 aliphatic rings. The second kappa shape index (κ2) is 8.48. The highest BCUT2D eigenvalue weighted by atomic mass is 35.5. The predicted molar refractivity (Wildman–Crippen MR) is 96.8 cm³/mol. The molecule has 0 spiro atoms. The van der Waals surface area contributed by atoms with Crippen molar-refractivity contribution in [2.24, 2.45) is 0 Å². The van der Waals surface area contributed by atoms with E-state index >= 15 is 0 Å². The zero-order chi connectivity index (χ0) is 16.8. The van der Waals surface area contributed by atoms with Crippen LogP contribution in [0.3, 0.4) is 0 Å². The summed E-state index contributed by atoms with van der Waals surface area (Å²) in [5.41, 5.74) is 1.93. The summed E-state index contributed by atoms with van der Waals surface area (Å²) >= 11 is 14.0. The van der Waals surface area contributed by atoms with E-state index in [1.165, 1.54) is 0 Å². The van der Waals surface area contributed by atoms with Crippen LogP contribution in [0.15, 0.2) is 53.7 Å². The lowest BCUT2D eigenvalue weighted by atomic mass is 10.2. The minimum atomic E-state index is 0.708. The van der Waals surface area contributed by atoms with Gasteiger partial charge in [-0.15, -0.1) is 5.10 Å². The van der Waals surface area contributed by atoms with Gasteiger partial charge < -0.3 is 5.32 Å². The molecule has 1 heterocycles. The number of thioether (sulfide) groups is 1. The fourth-order valence-corrected chi connectivity index (χ4v) is 3.58. The number of rotatable bonds is 7. The molecule has 0 aliphatic carbocycles. The zero-order valence-electron chi connectivity index (χ0n) is 12.8. The molecule has 124 valence electrons. The molecule has 24 heavy (non-hydrogen) atoms. The number of nitrogens with two attached hydrogens (primary N) is 1. The number of benzene rings is 2. The molecule has 0 radical (unpaired) electrons. The van der Waals surface area contributed by atoms with Crippen molar-refractivity contribution < 1.29 is 5.32 Å². The highest BCUT2D eigenvalue weighted by molar-refractivity contribution is 7.99. The quantitative estimate of drug-likeness (QED) is 0.505. The normalized spacial score (nSPS) is 10.9. The first-order valence-corrected chi connectivity index (χ1v) is 9.21. The van der Waals surface area contributed by atoms with Crippen LogP contribution in [0.1, 0.15) is 5.56 Å². The minimum Gasteiger partial charge on any atom is -0.342 e. The van der Waals surface area contributed by atoms with E-state index in [2.05, 4.69) is 20.8 Å². The van der Waals surface area contributed by atoms with Crippen molar-refractivity contribution in [3.05, 3.63) is 64.1 Å². The second-order valence-electron chi connectivity index (χ2n) is 5.04. The molecule has 3 rings (SSSR count). The Morgan fingerprint density at radius 1 is 1.00 bits per heavy atom. The van der Waals surface area contributed by atoms with Crippen molar-refractivity contribution >= 4 is 35.0 Å². The molecule has 0 aliphatic heterocycles. The van der Waals surface area contributed by atoms with Gasteiger partial charge in [-0.25, -0.2) is 0 Å². The maximum atomic E-state index is 6.17. The van der Waals surface area contributed by atoms with Gasteiger partial charge >= 0.3 is 0 Å². The molecule has 0 atom stereocenters. The summed E-state index contributed by atoms with van der Waals surface area (Å²) < 4.78 is 1.75. The van der Waals surface area contributed by atoms with Crippen LogP contribution >= 0.6 is 35.0 Å². The molecule has 0 saturated carbocycles. The summed E-state index contributed by atoms with van der Waals surface area (Å²) in [6, 6.07) is 15.4. The first-order valence-electron chi connectivity index (χ1n) is 7.47. The molecular weight excluding hydrogens is 365 g/mol. The Balaban J connectivity index is 1.51. The number of aromatic nitrogens is 4. The molecule has 0 fully saturated rings. The largest absolute Gasteiger partial charge is 0.342 e. The van der Waals surface area contributed by atoms with Crippen LogP contribution in [-0.4, -0.2) is 32.5 Å². The van der Waals surface area contributed by atoms with Crippen molar-refractivity contribution in [3.8, 4) is 5.69 Å². The molecule has 0 unspecified atom stereocenters. The Bertz CT molecular complexity index is 774. The zero-order valence-corrected chi connectivity index (χ0v) is 15.1. The van der Waals surface area contributed by atoms with Crippen LogP contribution < -0.4 is 5.32 Å². The van der Waals surface area contributed by atoms with Crippen molar-refractivity contribution in [2.75, 3.05) is 12.3 Å². The van der Waals surface area contributed by atoms with Crippen LogP contribution in [0.2, 0.25) is 10.0 Å². The maximum absolute atomic E-state index is 6.17. The fraction of sp³-hybridized carbons (Fsp3) is 0.188. The Kier molecular flexibility index (Phi) is 6.09. The highest BCUT2D eigenvalue weighted by Crippen LogP contribution is 2.23. The average molecular weight is 381 g/mol. The van der Waals surface area contributed by atoms with E-state index < -0.39 is 0 Å². The Morgan fingerprint density at radius 2 is 1.75 bits per heavy atom. The number of nitrogens with zero attached hydrogens (tertiary/aromatic N) is 4. The predicted octanol–water partition coefficient (Wildman–Crippen LogP) is 2.82. The topological polar surface area (TPSA) is 60.2 Å². The van der Waals surface area contributed by atoms with Gasteiger partial charge in [0.1, 0.15) is 6.54 Å². The molecule has 0 amide bonds. The van der Waals surface area contributed by atoms with E-state index in [1.54, 1.807) is 16.4 Å². The maximum Gasteiger partial charge on any atom is 0.214 e. The van der Waals surface area contributed by atoms with E-state index in [9.17, 15) is 0 Å². The van der Waals surface area contributed by atoms with Gasteiger partial charge in [-0.05, 0) is 34.7 Å². The van der Waals surface area contributed by atoms with Crippen molar-refractivity contribution in [3.63, 3.8) is 0 Å². The van der Waals surface area contributed by atoms with Crippen LogP contribution in [0.5, 0.6) is 0 Å². The lowest BCUT2D eigenvalue weighted by Gasteiger charge is -2.06. The minimum absolute atomic E-state index is 0.708. The van der Waals surface area contributed by atoms with Gasteiger partial charge in [0.05, 0.1) is 28.0 Å². The fourth-order valence-electron chi connectivity index (χ4n) is 2.21. The molecule has 1 aromatic heterocycles. The molecule has 0 saturated heterocycles. The Hall–Kier alpha value is -1.60. The van der Waals surface area contributed by atoms with Gasteiger partial charge in [0.15, 0.2) is 0 Å². The Labute approximate surface area is 154 Å². The van der Waals surface area contributed by atoms with Crippen LogP contribution in [0.4, 0.5) is 0 Å². The van der Waals surface area contributed by atoms with E-state index in [0.29, 0.717) is 10.0 Å². The lowest BCUT2D eigenvalue weighted by Crippen LogP contribution is -2.83. The van der Waals surface area contributed by atoms with Gasteiger partial charge in [0.2, 0.25) is 5.16 Å². The second-order valence-corrected chi connectivity index (χ2v) is 6.92. The smallest absolute Gasteiger partial charge is 0.214 e. The van der Waals surface area contributed by atoms with Gasteiger partial charge in [-0.2, -0.15) is 4.68 Å². The van der Waals surface area contributed by atoms with Crippen molar-refractivity contribution in [1.29, 1.82) is 0 Å². The van der Waals surface area contributed by atoms with Crippen LogP contribution in [0.25, 0.3) is 5.69 Å². The van der Waals surface area contributed by atoms with Crippen molar-refractivity contribution in [1.82, 2.24) is 20.2 Å². The third-order valence-corrected chi connectivity index (χ3v) is 5.07. The summed E-state index contributed by atoms with van der Waals surface area (Å²) in [5, 5.41) is 16.3. The summed E-state index contributed by atoms with van der Waals surface area (Å²) in [5.74, 6) is 0.884. The summed E-state index contributed by atoms with van der Waals surface area (Å²) in [6.45, 7) is 1.66. The average Bonchev–Trinajstić information content (AvgIpc) is 3.06. The van der Waals surface area contributed by atoms with E-state index in [1.807, 2.05) is 48.5 Å². The number of quaternary nitrogens is 1. The molecule has 8 heteroatoms. The molecule has 3 aromatic rings. The third-order valence-electron chi connectivity index (χ3n) is 3.40. The SMILES string of the molecule is Clc1cccc(Cl)c1C[NH2+]CCSc1nnnn1-c1ccccc1. The molecule has 2 aromatic carbocycles. The van der Waals surface area contributed by atoms with Crippen molar-refractivity contribution in [2.45, 2.75) is 11.7 Å². The van der Waals surface area contributed by atoms with E-state index in [0.717, 1.165) is 35.2 Å². The lowest BCUT2D eigenvalue weighted by molar-refractivity contribution is -0.666. The first kappa shape index (κ1) is 17.2. The summed E-state index contributed by atoms with van der Waals surface area (Å²) in [6.07, 6.45) is 0. The molecule has 2 N–H and O–H groups in total. The highest BCUT2D eigenvalue weighted by Gasteiger charge is 2.10. The van der Waals surface area contributed by atoms with Crippen LogP contribution in [-0.2, 0) is 6.54 Å². The molecule has 0 bridgehead atoms. The number of hydrogen-bond acceptors (Lipinski definition) is 4. The van der Waals surface area contributed by atoms with E-state index in [-0.39, 0.29) is 0 Å². The standard InChI is InChI=1S/C16H15Cl2N5S/c17-14-7-4-8-15(18)13(14)11-19-9-10-24-16-20-21-22-23(16)12-5-2-1-3-6-12/h1-8,19H,9-11H2/p+1. The number of tetrazole rings is 1. The molecular formula is C16H16Cl2N5S+. The molecule has 5 nitrogen and oxygen atoms in total. The van der Waals surface area contributed by atoms with Crippen LogP contribution in [0, 0.1) is 0 Å². The van der Waals surface area contributed by atoms with Gasteiger partial charge in [-0.3, -0.25) is 0 Å².